The van der Waals surface area contributed by atoms with Gasteiger partial charge in [0.15, 0.2) is 6.61 Å². The molecule has 1 fully saturated rings. The molecule has 1 saturated heterocycles. The number of benzene rings is 2. The second-order valence-corrected chi connectivity index (χ2v) is 8.94. The van der Waals surface area contributed by atoms with E-state index in [9.17, 15) is 9.59 Å². The molecule has 0 spiro atoms. The van der Waals surface area contributed by atoms with E-state index in [1.54, 1.807) is 12.1 Å². The highest BCUT2D eigenvalue weighted by Crippen LogP contribution is 2.45. The molecule has 1 N–H and O–H groups in total. The third-order valence-corrected chi connectivity index (χ3v) is 7.29. The molecule has 0 aromatic heterocycles. The molecule has 0 bridgehead atoms. The van der Waals surface area contributed by atoms with Crippen LogP contribution < -0.4 is 5.32 Å². The zero-order valence-corrected chi connectivity index (χ0v) is 16.7. The van der Waals surface area contributed by atoms with Crippen LogP contribution in [0.3, 0.4) is 0 Å². The molecule has 0 radical (unpaired) electrons. The molecular formula is C21H23NO3S2. The molecule has 0 saturated carbocycles. The van der Waals surface area contributed by atoms with Crippen LogP contribution in [0.4, 0.5) is 0 Å². The van der Waals surface area contributed by atoms with E-state index in [-0.39, 0.29) is 12.5 Å². The summed E-state index contributed by atoms with van der Waals surface area (Å²) >= 11 is 3.85. The Balaban J connectivity index is 1.35. The lowest BCUT2D eigenvalue weighted by Crippen LogP contribution is -2.29. The second-order valence-electron chi connectivity index (χ2n) is 6.21. The number of thioether (sulfide) groups is 2. The summed E-state index contributed by atoms with van der Waals surface area (Å²) in [5.41, 5.74) is 2.94. The molecule has 0 unspecified atom stereocenters. The number of aryl methyl sites for hydroxylation is 1. The largest absolute Gasteiger partial charge is 0.452 e. The van der Waals surface area contributed by atoms with Crippen LogP contribution in [0.1, 0.15) is 32.5 Å². The van der Waals surface area contributed by atoms with E-state index in [1.165, 1.54) is 22.6 Å². The van der Waals surface area contributed by atoms with Crippen LogP contribution in [-0.4, -0.2) is 36.5 Å². The fourth-order valence-electron chi connectivity index (χ4n) is 2.76. The number of hydrogen-bond acceptors (Lipinski definition) is 5. The minimum Gasteiger partial charge on any atom is -0.452 e. The van der Waals surface area contributed by atoms with Crippen molar-refractivity contribution in [2.24, 2.45) is 0 Å². The summed E-state index contributed by atoms with van der Waals surface area (Å²) in [6, 6.07) is 17.6. The van der Waals surface area contributed by atoms with Gasteiger partial charge in [0.25, 0.3) is 5.91 Å². The molecule has 1 heterocycles. The fourth-order valence-corrected chi connectivity index (χ4v) is 5.62. The third-order valence-electron chi connectivity index (χ3n) is 4.18. The number of carbonyl (C=O) groups is 2. The summed E-state index contributed by atoms with van der Waals surface area (Å²) in [6.07, 6.45) is 1.76. The zero-order valence-electron chi connectivity index (χ0n) is 15.1. The summed E-state index contributed by atoms with van der Waals surface area (Å²) in [5, 5.41) is 2.78. The Morgan fingerprint density at radius 1 is 1.00 bits per heavy atom. The first kappa shape index (κ1) is 19.8. The van der Waals surface area contributed by atoms with Crippen LogP contribution in [0.15, 0.2) is 54.6 Å². The lowest BCUT2D eigenvalue weighted by molar-refractivity contribution is -0.124. The second kappa shape index (κ2) is 10.4. The normalized spacial score (nSPS) is 14.1. The fraction of sp³-hybridized carbons (Fsp3) is 0.333. The Morgan fingerprint density at radius 3 is 2.41 bits per heavy atom. The first-order valence-corrected chi connectivity index (χ1v) is 11.1. The van der Waals surface area contributed by atoms with E-state index in [0.717, 1.165) is 12.8 Å². The smallest absolute Gasteiger partial charge is 0.338 e. The maximum absolute atomic E-state index is 12.1. The van der Waals surface area contributed by atoms with Crippen LogP contribution in [0.5, 0.6) is 0 Å². The average Bonchev–Trinajstić information content (AvgIpc) is 3.25. The van der Waals surface area contributed by atoms with Gasteiger partial charge in [-0.2, -0.15) is 0 Å². The van der Waals surface area contributed by atoms with E-state index in [1.807, 2.05) is 53.9 Å². The minimum atomic E-state index is -0.465. The number of esters is 1. The van der Waals surface area contributed by atoms with Gasteiger partial charge in [-0.05, 0) is 36.1 Å². The van der Waals surface area contributed by atoms with Crippen molar-refractivity contribution in [2.75, 3.05) is 24.7 Å². The molecule has 0 atom stereocenters. The SMILES string of the molecule is O=C(COC(=O)c1ccc(C2SCCS2)cc1)NCCCc1ccccc1. The summed E-state index contributed by atoms with van der Waals surface area (Å²) < 4.78 is 5.56. The van der Waals surface area contributed by atoms with E-state index in [4.69, 9.17) is 4.74 Å². The van der Waals surface area contributed by atoms with Gasteiger partial charge in [0.05, 0.1) is 10.1 Å². The predicted molar refractivity (Wildman–Crippen MR) is 112 cm³/mol. The van der Waals surface area contributed by atoms with Crippen LogP contribution in [0, 0.1) is 0 Å². The monoisotopic (exact) mass is 401 g/mol. The highest BCUT2D eigenvalue weighted by Gasteiger charge is 2.18. The van der Waals surface area contributed by atoms with Crippen LogP contribution >= 0.6 is 23.5 Å². The Kier molecular flexibility index (Phi) is 7.66. The molecule has 3 rings (SSSR count). The predicted octanol–water partition coefficient (Wildman–Crippen LogP) is 4.07. The Hall–Kier alpha value is -1.92. The van der Waals surface area contributed by atoms with Crippen LogP contribution in [0.2, 0.25) is 0 Å². The van der Waals surface area contributed by atoms with Gasteiger partial charge < -0.3 is 10.1 Å². The van der Waals surface area contributed by atoms with Crippen molar-refractivity contribution in [1.29, 1.82) is 0 Å². The van der Waals surface area contributed by atoms with E-state index in [0.29, 0.717) is 16.7 Å². The van der Waals surface area contributed by atoms with Crippen molar-refractivity contribution in [3.8, 4) is 0 Å². The molecule has 4 nitrogen and oxygen atoms in total. The highest BCUT2D eigenvalue weighted by molar-refractivity contribution is 8.19. The first-order chi connectivity index (χ1) is 13.2. The minimum absolute atomic E-state index is 0.250. The number of hydrogen-bond donors (Lipinski definition) is 1. The number of ether oxygens (including phenoxy) is 1. The van der Waals surface area contributed by atoms with Gasteiger partial charge in [-0.15, -0.1) is 23.5 Å². The molecule has 27 heavy (non-hydrogen) atoms. The highest BCUT2D eigenvalue weighted by atomic mass is 32.2. The van der Waals surface area contributed by atoms with Gasteiger partial charge in [0.1, 0.15) is 0 Å². The van der Waals surface area contributed by atoms with Crippen molar-refractivity contribution in [1.82, 2.24) is 5.32 Å². The van der Waals surface area contributed by atoms with Gasteiger partial charge in [-0.1, -0.05) is 42.5 Å². The Labute approximate surface area is 168 Å². The summed E-state index contributed by atoms with van der Waals surface area (Å²) in [7, 11) is 0. The van der Waals surface area contributed by atoms with Gasteiger partial charge in [-0.25, -0.2) is 4.79 Å². The van der Waals surface area contributed by atoms with Crippen LogP contribution in [-0.2, 0) is 16.0 Å². The molecular weight excluding hydrogens is 378 g/mol. The van der Waals surface area contributed by atoms with Crippen molar-refractivity contribution in [3.05, 3.63) is 71.3 Å². The number of carbonyl (C=O) groups excluding carboxylic acids is 2. The van der Waals surface area contributed by atoms with Crippen molar-refractivity contribution < 1.29 is 14.3 Å². The van der Waals surface area contributed by atoms with Gasteiger partial charge in [0.2, 0.25) is 0 Å². The third kappa shape index (κ3) is 6.33. The quantitative estimate of drug-likeness (QED) is 0.534. The Bertz CT molecular complexity index is 744. The molecule has 2 aromatic rings. The molecule has 1 aliphatic rings. The Morgan fingerprint density at radius 2 is 1.70 bits per heavy atom. The average molecular weight is 402 g/mol. The summed E-state index contributed by atoms with van der Waals surface area (Å²) in [4.78, 5) is 23.9. The van der Waals surface area contributed by atoms with Gasteiger partial charge in [-0.3, -0.25) is 4.79 Å². The zero-order chi connectivity index (χ0) is 18.9. The number of rotatable bonds is 8. The first-order valence-electron chi connectivity index (χ1n) is 9.03. The van der Waals surface area contributed by atoms with Crippen molar-refractivity contribution in [2.45, 2.75) is 17.4 Å². The standard InChI is InChI=1S/C21H23NO3S2/c23-19(22-12-4-7-16-5-2-1-3-6-16)15-25-20(24)17-8-10-18(11-9-17)21-26-13-14-27-21/h1-3,5-6,8-11,21H,4,7,12-15H2,(H,22,23). The molecule has 6 heteroatoms. The summed E-state index contributed by atoms with van der Waals surface area (Å²) in [6.45, 7) is 0.316. The van der Waals surface area contributed by atoms with E-state index in [2.05, 4.69) is 17.4 Å². The van der Waals surface area contributed by atoms with E-state index >= 15 is 0 Å². The van der Waals surface area contributed by atoms with Crippen molar-refractivity contribution >= 4 is 35.4 Å². The molecule has 142 valence electrons. The van der Waals surface area contributed by atoms with Crippen molar-refractivity contribution in [3.63, 3.8) is 0 Å². The van der Waals surface area contributed by atoms with Gasteiger partial charge in [0, 0.05) is 18.1 Å². The molecule has 2 aromatic carbocycles. The summed E-state index contributed by atoms with van der Waals surface area (Å²) in [5.74, 6) is 1.60. The van der Waals surface area contributed by atoms with Crippen LogP contribution in [0.25, 0.3) is 0 Å². The molecule has 1 amide bonds. The number of amides is 1. The lowest BCUT2D eigenvalue weighted by atomic mass is 10.1. The van der Waals surface area contributed by atoms with Gasteiger partial charge >= 0.3 is 5.97 Å². The molecule has 1 aliphatic heterocycles. The van der Waals surface area contributed by atoms with E-state index < -0.39 is 5.97 Å². The number of nitrogens with one attached hydrogen (secondary N) is 1. The molecule has 0 aliphatic carbocycles. The topological polar surface area (TPSA) is 55.4 Å². The lowest BCUT2D eigenvalue weighted by Gasteiger charge is -2.09. The maximum atomic E-state index is 12.1. The maximum Gasteiger partial charge on any atom is 0.338 e.